The number of aryl methyl sites for hydroxylation is 1. The Bertz CT molecular complexity index is 1630. The standard InChI is InChI=1S/C28H29F5N8O3/c1-15-21(40-44-39-15)24(43)38-22(16-2-4-27(29,30)5-3-16)18-13-41-19(36-18)10-17(12-35-41)23(25(14-34)6-7-25)37-20(42)11-26(8-9-26)28(31,32)33/h10,12-13,16,22-23H,2-9,11H2,1H3,(H,37,42)(H,38,43)/t22-,23?/m0/s1. The number of alkyl halides is 5. The van der Waals surface area contributed by atoms with Gasteiger partial charge in [0.05, 0.1) is 47.1 Å². The third kappa shape index (κ3) is 5.59. The number of imidazole rings is 1. The summed E-state index contributed by atoms with van der Waals surface area (Å²) in [6.45, 7) is 1.54. The first-order valence-corrected chi connectivity index (χ1v) is 14.4. The largest absolute Gasteiger partial charge is 0.395 e. The van der Waals surface area contributed by atoms with E-state index in [1.165, 1.54) is 17.6 Å². The second-order valence-corrected chi connectivity index (χ2v) is 12.3. The molecule has 3 aliphatic carbocycles. The fraction of sp³-hybridized carbons (Fsp3) is 0.607. The van der Waals surface area contributed by atoms with Gasteiger partial charge in [0.15, 0.2) is 11.3 Å². The van der Waals surface area contributed by atoms with Crippen LogP contribution in [-0.4, -0.2) is 48.8 Å². The van der Waals surface area contributed by atoms with E-state index >= 15 is 0 Å². The van der Waals surface area contributed by atoms with Gasteiger partial charge in [-0.05, 0) is 68.2 Å². The molecule has 0 saturated heterocycles. The molecule has 2 amide bonds. The highest BCUT2D eigenvalue weighted by Gasteiger charge is 2.64. The van der Waals surface area contributed by atoms with Crippen LogP contribution < -0.4 is 10.6 Å². The maximum absolute atomic E-state index is 14.0. The molecule has 16 heteroatoms. The van der Waals surface area contributed by atoms with E-state index in [-0.39, 0.29) is 61.5 Å². The fourth-order valence-electron chi connectivity index (χ4n) is 6.06. The minimum atomic E-state index is -4.50. The minimum Gasteiger partial charge on any atom is -0.348 e. The van der Waals surface area contributed by atoms with E-state index in [9.17, 15) is 36.8 Å². The van der Waals surface area contributed by atoms with Crippen LogP contribution in [0, 0.1) is 35.0 Å². The molecule has 3 aromatic rings. The lowest BCUT2D eigenvalue weighted by molar-refractivity contribution is -0.190. The minimum absolute atomic E-state index is 0.0522. The van der Waals surface area contributed by atoms with Crippen molar-refractivity contribution in [3.63, 3.8) is 0 Å². The molecule has 6 rings (SSSR count). The zero-order valence-electron chi connectivity index (χ0n) is 23.6. The number of amides is 2. The van der Waals surface area contributed by atoms with E-state index in [0.717, 1.165) is 0 Å². The highest BCUT2D eigenvalue weighted by atomic mass is 19.4. The Kier molecular flexibility index (Phi) is 7.12. The van der Waals surface area contributed by atoms with Gasteiger partial charge in [0, 0.05) is 19.3 Å². The van der Waals surface area contributed by atoms with E-state index in [1.807, 2.05) is 0 Å². The second kappa shape index (κ2) is 10.5. The van der Waals surface area contributed by atoms with E-state index in [4.69, 9.17) is 0 Å². The number of nitriles is 1. The van der Waals surface area contributed by atoms with Gasteiger partial charge < -0.3 is 10.6 Å². The summed E-state index contributed by atoms with van der Waals surface area (Å²) in [7, 11) is 0. The Morgan fingerprint density at radius 1 is 1.14 bits per heavy atom. The number of rotatable bonds is 9. The first kappa shape index (κ1) is 29.9. The van der Waals surface area contributed by atoms with Crippen LogP contribution in [0.4, 0.5) is 22.0 Å². The zero-order chi connectivity index (χ0) is 31.5. The van der Waals surface area contributed by atoms with Crippen molar-refractivity contribution in [1.82, 2.24) is 35.5 Å². The first-order chi connectivity index (χ1) is 20.7. The average molecular weight is 621 g/mol. The molecule has 0 aromatic carbocycles. The molecule has 3 fully saturated rings. The van der Waals surface area contributed by atoms with Crippen molar-refractivity contribution in [2.75, 3.05) is 0 Å². The molecule has 3 aliphatic rings. The topological polar surface area (TPSA) is 151 Å². The van der Waals surface area contributed by atoms with Gasteiger partial charge in [0.2, 0.25) is 11.8 Å². The van der Waals surface area contributed by atoms with E-state index < -0.39 is 53.2 Å². The van der Waals surface area contributed by atoms with Gasteiger partial charge in [-0.3, -0.25) is 9.59 Å². The highest BCUT2D eigenvalue weighted by molar-refractivity contribution is 5.93. The molecule has 3 saturated carbocycles. The Morgan fingerprint density at radius 2 is 1.84 bits per heavy atom. The van der Waals surface area contributed by atoms with Crippen LogP contribution >= 0.6 is 0 Å². The summed E-state index contributed by atoms with van der Waals surface area (Å²) in [6.07, 6.45) is -2.06. The lowest BCUT2D eigenvalue weighted by Gasteiger charge is -2.33. The summed E-state index contributed by atoms with van der Waals surface area (Å²) in [5.74, 6) is -4.60. The summed E-state index contributed by atoms with van der Waals surface area (Å²) >= 11 is 0. The molecule has 44 heavy (non-hydrogen) atoms. The molecular formula is C28H29F5N8O3. The van der Waals surface area contributed by atoms with Gasteiger partial charge in [-0.2, -0.15) is 23.5 Å². The van der Waals surface area contributed by atoms with Crippen molar-refractivity contribution in [2.24, 2.45) is 16.7 Å². The van der Waals surface area contributed by atoms with Gasteiger partial charge in [0.25, 0.3) is 5.91 Å². The molecular weight excluding hydrogens is 591 g/mol. The molecule has 3 heterocycles. The number of halogens is 5. The number of nitrogens with zero attached hydrogens (tertiary/aromatic N) is 6. The van der Waals surface area contributed by atoms with Crippen LogP contribution in [0.5, 0.6) is 0 Å². The average Bonchev–Trinajstić information content (AvgIpc) is 3.85. The van der Waals surface area contributed by atoms with Crippen molar-refractivity contribution < 1.29 is 36.2 Å². The first-order valence-electron chi connectivity index (χ1n) is 14.4. The van der Waals surface area contributed by atoms with E-state index in [2.05, 4.69) is 41.7 Å². The summed E-state index contributed by atoms with van der Waals surface area (Å²) in [5, 5.41) is 27.0. The van der Waals surface area contributed by atoms with Crippen molar-refractivity contribution in [3.8, 4) is 6.07 Å². The highest BCUT2D eigenvalue weighted by Crippen LogP contribution is 2.60. The van der Waals surface area contributed by atoms with Crippen molar-refractivity contribution in [3.05, 3.63) is 41.1 Å². The normalized spacial score (nSPS) is 21.7. The predicted molar refractivity (Wildman–Crippen MR) is 140 cm³/mol. The van der Waals surface area contributed by atoms with Crippen LogP contribution in [0.25, 0.3) is 5.65 Å². The Morgan fingerprint density at radius 3 is 2.41 bits per heavy atom. The summed E-state index contributed by atoms with van der Waals surface area (Å²) in [5.41, 5.74) is -1.82. The Balaban J connectivity index is 1.29. The maximum atomic E-state index is 14.0. The molecule has 0 radical (unpaired) electrons. The Hall–Kier alpha value is -4.16. The van der Waals surface area contributed by atoms with E-state index in [0.29, 0.717) is 24.1 Å². The van der Waals surface area contributed by atoms with Crippen LogP contribution in [-0.2, 0) is 4.79 Å². The number of carbonyl (C=O) groups is 2. The van der Waals surface area contributed by atoms with Gasteiger partial charge in [-0.15, -0.1) is 0 Å². The van der Waals surface area contributed by atoms with Gasteiger partial charge in [-0.25, -0.2) is 22.9 Å². The van der Waals surface area contributed by atoms with Crippen molar-refractivity contribution in [1.29, 1.82) is 5.26 Å². The molecule has 0 bridgehead atoms. The zero-order valence-corrected chi connectivity index (χ0v) is 23.6. The summed E-state index contributed by atoms with van der Waals surface area (Å²) < 4.78 is 74.5. The van der Waals surface area contributed by atoms with Crippen molar-refractivity contribution in [2.45, 2.75) is 88.9 Å². The molecule has 0 spiro atoms. The fourth-order valence-corrected chi connectivity index (χ4v) is 6.06. The van der Waals surface area contributed by atoms with Gasteiger partial charge in [0.1, 0.15) is 5.69 Å². The quantitative estimate of drug-likeness (QED) is 0.320. The lowest BCUT2D eigenvalue weighted by atomic mass is 9.81. The molecule has 2 atom stereocenters. The lowest BCUT2D eigenvalue weighted by Crippen LogP contribution is -2.38. The van der Waals surface area contributed by atoms with Gasteiger partial charge in [-0.1, -0.05) is 5.16 Å². The predicted octanol–water partition coefficient (Wildman–Crippen LogP) is 4.91. The summed E-state index contributed by atoms with van der Waals surface area (Å²) in [4.78, 5) is 30.5. The number of fused-ring (bicyclic) bond motifs is 1. The Labute approximate surface area is 247 Å². The molecule has 2 N–H and O–H groups in total. The van der Waals surface area contributed by atoms with Crippen molar-refractivity contribution >= 4 is 17.5 Å². The maximum Gasteiger partial charge on any atom is 0.395 e. The van der Waals surface area contributed by atoms with Crippen LogP contribution in [0.3, 0.4) is 0 Å². The molecule has 3 aromatic heterocycles. The SMILES string of the molecule is Cc1nonc1C(=O)N[C@H](c1cn2ncc(C(NC(=O)CC3(C(F)(F)F)CC3)C3(C#N)CC3)cc2n1)C1CCC(F)(F)CC1. The van der Waals surface area contributed by atoms with Crippen LogP contribution in [0.2, 0.25) is 0 Å². The third-order valence-electron chi connectivity index (χ3n) is 9.22. The van der Waals surface area contributed by atoms with Crippen LogP contribution in [0.15, 0.2) is 23.1 Å². The number of hydrogen-bond donors (Lipinski definition) is 2. The number of aromatic nitrogens is 5. The third-order valence-corrected chi connectivity index (χ3v) is 9.22. The van der Waals surface area contributed by atoms with E-state index in [1.54, 1.807) is 12.3 Å². The molecule has 11 nitrogen and oxygen atoms in total. The molecule has 234 valence electrons. The molecule has 1 unspecified atom stereocenters. The number of hydrogen-bond acceptors (Lipinski definition) is 8. The number of nitrogens with one attached hydrogen (secondary N) is 2. The summed E-state index contributed by atoms with van der Waals surface area (Å²) in [6, 6.07) is 2.08. The number of carbonyl (C=O) groups excluding carboxylic acids is 2. The second-order valence-electron chi connectivity index (χ2n) is 12.3. The smallest absolute Gasteiger partial charge is 0.348 e. The molecule has 0 aliphatic heterocycles. The van der Waals surface area contributed by atoms with Gasteiger partial charge >= 0.3 is 6.18 Å². The van der Waals surface area contributed by atoms with Crippen LogP contribution in [0.1, 0.15) is 97.3 Å². The monoisotopic (exact) mass is 620 g/mol.